The van der Waals surface area contributed by atoms with Crippen LogP contribution >= 0.6 is 11.3 Å². The van der Waals surface area contributed by atoms with Crippen LogP contribution in [-0.4, -0.2) is 0 Å². The highest BCUT2D eigenvalue weighted by atomic mass is 32.1. The van der Waals surface area contributed by atoms with Crippen LogP contribution in [0.5, 0.6) is 0 Å². The fourth-order valence-corrected chi connectivity index (χ4v) is 3.15. The summed E-state index contributed by atoms with van der Waals surface area (Å²) < 4.78 is 28.1. The number of halogens is 2. The molecule has 1 aromatic heterocycles. The Morgan fingerprint density at radius 2 is 1.79 bits per heavy atom. The Balaban J connectivity index is 2.08. The predicted molar refractivity (Wildman–Crippen MR) is 74.2 cm³/mol. The molecule has 1 heterocycles. The van der Waals surface area contributed by atoms with Gasteiger partial charge in [0.25, 0.3) is 0 Å². The van der Waals surface area contributed by atoms with Crippen molar-refractivity contribution in [1.29, 1.82) is 0 Å². The smallest absolute Gasteiger partial charge is 0.163 e. The van der Waals surface area contributed by atoms with E-state index in [0.29, 0.717) is 0 Å². The van der Waals surface area contributed by atoms with Crippen LogP contribution in [0.15, 0.2) is 48.5 Å². The molecule has 0 aliphatic rings. The summed E-state index contributed by atoms with van der Waals surface area (Å²) in [5.41, 5.74) is 6.24. The number of thiophene rings is 1. The van der Waals surface area contributed by atoms with Gasteiger partial charge in [0.05, 0.1) is 6.04 Å². The Morgan fingerprint density at radius 1 is 1.00 bits per heavy atom. The molecular formula is C15H11F2NS. The molecule has 1 unspecified atom stereocenters. The molecule has 2 N–H and O–H groups in total. The van der Waals surface area contributed by atoms with Crippen molar-refractivity contribution in [1.82, 2.24) is 0 Å². The van der Waals surface area contributed by atoms with Gasteiger partial charge in [0.15, 0.2) is 11.6 Å². The van der Waals surface area contributed by atoms with E-state index in [9.17, 15) is 8.78 Å². The molecule has 0 fully saturated rings. The molecule has 19 heavy (non-hydrogen) atoms. The Bertz CT molecular complexity index is 703. The van der Waals surface area contributed by atoms with Crippen molar-refractivity contribution in [2.24, 2.45) is 5.73 Å². The van der Waals surface area contributed by atoms with Crippen LogP contribution in [0.3, 0.4) is 0 Å². The van der Waals surface area contributed by atoms with E-state index in [1.165, 1.54) is 23.5 Å². The maximum Gasteiger partial charge on any atom is 0.163 e. The van der Waals surface area contributed by atoms with Crippen LogP contribution in [0, 0.1) is 11.6 Å². The van der Waals surface area contributed by atoms with E-state index >= 15 is 0 Å². The number of fused-ring (bicyclic) bond motifs is 1. The van der Waals surface area contributed by atoms with Gasteiger partial charge in [-0.15, -0.1) is 11.3 Å². The van der Waals surface area contributed by atoms with Crippen LogP contribution < -0.4 is 5.73 Å². The second-order valence-electron chi connectivity index (χ2n) is 4.31. The van der Waals surface area contributed by atoms with E-state index < -0.39 is 17.7 Å². The van der Waals surface area contributed by atoms with Crippen molar-refractivity contribution < 1.29 is 8.78 Å². The first kappa shape index (κ1) is 12.3. The quantitative estimate of drug-likeness (QED) is 0.744. The summed E-state index contributed by atoms with van der Waals surface area (Å²) in [6, 6.07) is 13.2. The molecule has 4 heteroatoms. The Kier molecular flexibility index (Phi) is 3.05. The second kappa shape index (κ2) is 4.72. The minimum Gasteiger partial charge on any atom is -0.320 e. The number of hydrogen-bond donors (Lipinski definition) is 1. The van der Waals surface area contributed by atoms with Crippen molar-refractivity contribution >= 4 is 21.4 Å². The summed E-state index contributed by atoms with van der Waals surface area (Å²) in [6.45, 7) is 0. The molecule has 3 rings (SSSR count). The number of benzene rings is 2. The third-order valence-electron chi connectivity index (χ3n) is 3.07. The molecule has 0 spiro atoms. The first-order valence-electron chi connectivity index (χ1n) is 5.85. The lowest BCUT2D eigenvalue weighted by molar-refractivity contribution is 0.495. The monoisotopic (exact) mass is 275 g/mol. The topological polar surface area (TPSA) is 26.0 Å². The minimum absolute atomic E-state index is 0.187. The molecule has 0 aliphatic carbocycles. The maximum atomic E-state index is 13.7. The van der Waals surface area contributed by atoms with Crippen molar-refractivity contribution in [3.05, 3.63) is 70.6 Å². The molecule has 3 aromatic rings. The molecular weight excluding hydrogens is 264 g/mol. The molecule has 0 bridgehead atoms. The van der Waals surface area contributed by atoms with Crippen LogP contribution in [-0.2, 0) is 0 Å². The van der Waals surface area contributed by atoms with Crippen LogP contribution in [0.2, 0.25) is 0 Å². The lowest BCUT2D eigenvalue weighted by Crippen LogP contribution is -2.12. The summed E-state index contributed by atoms with van der Waals surface area (Å²) >= 11 is 1.50. The van der Waals surface area contributed by atoms with E-state index in [1.807, 2.05) is 30.3 Å². The highest BCUT2D eigenvalue weighted by Crippen LogP contribution is 2.32. The third kappa shape index (κ3) is 2.13. The third-order valence-corrected chi connectivity index (χ3v) is 4.27. The second-order valence-corrected chi connectivity index (χ2v) is 5.42. The molecule has 0 aliphatic heterocycles. The summed E-state index contributed by atoms with van der Waals surface area (Å²) in [6.07, 6.45) is 0. The summed E-state index contributed by atoms with van der Waals surface area (Å²) in [5, 5.41) is 1.06. The SMILES string of the molecule is NC(c1cc2ccccc2s1)c1cccc(F)c1F. The summed E-state index contributed by atoms with van der Waals surface area (Å²) in [5.74, 6) is -1.73. The molecule has 0 radical (unpaired) electrons. The average Bonchev–Trinajstić information content (AvgIpc) is 2.85. The predicted octanol–water partition coefficient (Wildman–Crippen LogP) is 4.23. The van der Waals surface area contributed by atoms with Gasteiger partial charge in [-0.2, -0.15) is 0 Å². The van der Waals surface area contributed by atoms with Gasteiger partial charge in [-0.3, -0.25) is 0 Å². The molecule has 0 saturated carbocycles. The van der Waals surface area contributed by atoms with E-state index in [0.717, 1.165) is 21.0 Å². The zero-order valence-corrected chi connectivity index (χ0v) is 10.8. The Labute approximate surface area is 113 Å². The molecule has 1 atom stereocenters. The zero-order chi connectivity index (χ0) is 13.4. The molecule has 0 saturated heterocycles. The van der Waals surface area contributed by atoms with Gasteiger partial charge in [-0.05, 0) is 23.6 Å². The molecule has 2 aromatic carbocycles. The van der Waals surface area contributed by atoms with Gasteiger partial charge in [0.1, 0.15) is 0 Å². The number of nitrogens with two attached hydrogens (primary N) is 1. The van der Waals surface area contributed by atoms with E-state index in [4.69, 9.17) is 5.73 Å². The van der Waals surface area contributed by atoms with Gasteiger partial charge >= 0.3 is 0 Å². The first-order chi connectivity index (χ1) is 9.16. The van der Waals surface area contributed by atoms with E-state index in [1.54, 1.807) is 0 Å². The number of rotatable bonds is 2. The standard InChI is InChI=1S/C15H11F2NS/c16-11-6-3-5-10(14(11)17)15(18)13-8-9-4-1-2-7-12(9)19-13/h1-8,15H,18H2. The van der Waals surface area contributed by atoms with Gasteiger partial charge < -0.3 is 5.73 Å². The highest BCUT2D eigenvalue weighted by Gasteiger charge is 2.18. The largest absolute Gasteiger partial charge is 0.320 e. The van der Waals surface area contributed by atoms with Crippen LogP contribution in [0.4, 0.5) is 8.78 Å². The Morgan fingerprint density at radius 3 is 2.58 bits per heavy atom. The summed E-state index contributed by atoms with van der Waals surface area (Å²) in [7, 11) is 0. The van der Waals surface area contributed by atoms with Crippen molar-refractivity contribution in [2.75, 3.05) is 0 Å². The van der Waals surface area contributed by atoms with Gasteiger partial charge in [-0.25, -0.2) is 8.78 Å². The molecule has 96 valence electrons. The lowest BCUT2D eigenvalue weighted by Gasteiger charge is -2.11. The Hall–Kier alpha value is -1.78. The fourth-order valence-electron chi connectivity index (χ4n) is 2.07. The number of hydrogen-bond acceptors (Lipinski definition) is 2. The average molecular weight is 275 g/mol. The van der Waals surface area contributed by atoms with Gasteiger partial charge in [-0.1, -0.05) is 30.3 Å². The maximum absolute atomic E-state index is 13.7. The molecule has 1 nitrogen and oxygen atoms in total. The zero-order valence-electron chi connectivity index (χ0n) is 9.94. The van der Waals surface area contributed by atoms with E-state index in [-0.39, 0.29) is 5.56 Å². The first-order valence-corrected chi connectivity index (χ1v) is 6.66. The fraction of sp³-hybridized carbons (Fsp3) is 0.0667. The summed E-state index contributed by atoms with van der Waals surface area (Å²) in [4.78, 5) is 0.825. The van der Waals surface area contributed by atoms with Crippen molar-refractivity contribution in [2.45, 2.75) is 6.04 Å². The van der Waals surface area contributed by atoms with Crippen molar-refractivity contribution in [3.63, 3.8) is 0 Å². The molecule has 0 amide bonds. The van der Waals surface area contributed by atoms with Crippen LogP contribution in [0.25, 0.3) is 10.1 Å². The van der Waals surface area contributed by atoms with Crippen LogP contribution in [0.1, 0.15) is 16.5 Å². The highest BCUT2D eigenvalue weighted by molar-refractivity contribution is 7.19. The van der Waals surface area contributed by atoms with Gasteiger partial charge in [0, 0.05) is 15.1 Å². The normalized spacial score (nSPS) is 12.8. The van der Waals surface area contributed by atoms with Gasteiger partial charge in [0.2, 0.25) is 0 Å². The van der Waals surface area contributed by atoms with Crippen molar-refractivity contribution in [3.8, 4) is 0 Å². The lowest BCUT2D eigenvalue weighted by atomic mass is 10.0. The van der Waals surface area contributed by atoms with E-state index in [2.05, 4.69) is 0 Å². The minimum atomic E-state index is -0.868.